The zero-order chi connectivity index (χ0) is 38.5. The zero-order valence-electron chi connectivity index (χ0n) is 33.6. The van der Waals surface area contributed by atoms with Crippen LogP contribution in [-0.4, -0.2) is 71.5 Å². The number of hydrogen-bond donors (Lipinski definition) is 3. The van der Waals surface area contributed by atoms with E-state index < -0.39 is 12.1 Å². The van der Waals surface area contributed by atoms with Crippen LogP contribution in [-0.2, 0) is 17.6 Å². The Morgan fingerprint density at radius 1 is 0.944 bits per heavy atom. The van der Waals surface area contributed by atoms with Gasteiger partial charge in [-0.15, -0.1) is 0 Å². The highest BCUT2D eigenvalue weighted by molar-refractivity contribution is 5.78. The monoisotopic (exact) mass is 744 g/mol. The number of amides is 1. The van der Waals surface area contributed by atoms with E-state index in [-0.39, 0.29) is 54.8 Å². The van der Waals surface area contributed by atoms with Crippen LogP contribution >= 0.6 is 0 Å². The summed E-state index contributed by atoms with van der Waals surface area (Å²) in [4.78, 5) is 18.2. The van der Waals surface area contributed by atoms with Crippen LogP contribution in [0.25, 0.3) is 0 Å². The summed E-state index contributed by atoms with van der Waals surface area (Å²) in [6, 6.07) is 3.01. The van der Waals surface area contributed by atoms with Gasteiger partial charge in [0.05, 0.1) is 25.3 Å². The largest absolute Gasteiger partial charge is 0.507 e. The maximum Gasteiger partial charge on any atom is 0.231 e. The molecule has 0 spiro atoms. The van der Waals surface area contributed by atoms with Crippen molar-refractivity contribution in [3.63, 3.8) is 0 Å². The molecule has 3 N–H and O–H groups in total. The van der Waals surface area contributed by atoms with E-state index in [1.165, 1.54) is 70.6 Å². The summed E-state index contributed by atoms with van der Waals surface area (Å²) in [5.74, 6) is 1.68. The first-order chi connectivity index (χ1) is 26.1. The van der Waals surface area contributed by atoms with Crippen molar-refractivity contribution in [1.82, 2.24) is 15.1 Å². The maximum atomic E-state index is 13.7. The number of unbranched alkanes of at least 4 members (excludes halogenated alkanes) is 12. The minimum atomic E-state index is -0.520. The van der Waals surface area contributed by atoms with Gasteiger partial charge in [0.15, 0.2) is 23.0 Å². The first kappa shape index (κ1) is 40.0. The number of nitriles is 1. The average molecular weight is 745 g/mol. The van der Waals surface area contributed by atoms with Crippen molar-refractivity contribution in [2.45, 2.75) is 161 Å². The maximum absolute atomic E-state index is 13.7. The number of phenols is 2. The number of methoxy groups -OCH3 is 1. The minimum Gasteiger partial charge on any atom is -0.507 e. The second-order valence-electron chi connectivity index (χ2n) is 16.4. The van der Waals surface area contributed by atoms with Gasteiger partial charge in [0, 0.05) is 46.8 Å². The topological polar surface area (TPSA) is 128 Å². The fraction of sp³-hybridized carbons (Fsp3) is 0.682. The Morgan fingerprint density at radius 2 is 1.57 bits per heavy atom. The lowest BCUT2D eigenvalue weighted by Gasteiger charge is -2.60. The Morgan fingerprint density at radius 3 is 2.20 bits per heavy atom. The van der Waals surface area contributed by atoms with Crippen molar-refractivity contribution in [2.24, 2.45) is 5.92 Å². The highest BCUT2D eigenvalue weighted by Crippen LogP contribution is 2.58. The summed E-state index contributed by atoms with van der Waals surface area (Å²) in [5.41, 5.74) is 4.81. The number of ether oxygens (including phenoxy) is 3. The molecule has 2 bridgehead atoms. The molecule has 4 aliphatic rings. The third-order valence-corrected chi connectivity index (χ3v) is 12.9. The van der Waals surface area contributed by atoms with Crippen LogP contribution in [0.2, 0.25) is 0 Å². The number of carbonyl (C=O) groups excluding carboxylic acids is 1. The number of rotatable bonds is 18. The van der Waals surface area contributed by atoms with E-state index in [1.807, 2.05) is 27.8 Å². The van der Waals surface area contributed by atoms with Crippen molar-refractivity contribution in [3.8, 4) is 34.8 Å². The first-order valence-corrected chi connectivity index (χ1v) is 20.8. The number of carbonyl (C=O) groups is 1. The van der Waals surface area contributed by atoms with Crippen LogP contribution < -0.4 is 19.5 Å². The number of hydrogen-bond acceptors (Lipinski definition) is 9. The summed E-state index contributed by atoms with van der Waals surface area (Å²) in [7, 11) is 3.60. The van der Waals surface area contributed by atoms with Crippen LogP contribution in [0.5, 0.6) is 28.7 Å². The van der Waals surface area contributed by atoms with Crippen LogP contribution in [0.4, 0.5) is 0 Å². The van der Waals surface area contributed by atoms with Crippen LogP contribution in [0.3, 0.4) is 0 Å². The van der Waals surface area contributed by atoms with Crippen LogP contribution in [0.15, 0.2) is 6.07 Å². The second-order valence-corrected chi connectivity index (χ2v) is 16.4. The van der Waals surface area contributed by atoms with E-state index in [0.29, 0.717) is 35.7 Å². The molecule has 54 heavy (non-hydrogen) atoms. The molecule has 6 atom stereocenters. The van der Waals surface area contributed by atoms with Crippen molar-refractivity contribution < 1.29 is 29.2 Å². The van der Waals surface area contributed by atoms with E-state index in [9.17, 15) is 20.3 Å². The van der Waals surface area contributed by atoms with Crippen LogP contribution in [0, 0.1) is 31.1 Å². The molecule has 10 heteroatoms. The number of nitrogens with zero attached hydrogens (tertiary/aromatic N) is 3. The molecule has 0 aromatic heterocycles. The lowest BCUT2D eigenvalue weighted by molar-refractivity contribution is -0.125. The molecule has 0 aliphatic carbocycles. The standard InChI is InChI=1S/C44H64N4O6/c1-7-8-9-10-11-12-13-14-15-16-17-18-19-20-27(2)44(51)46-25-35-37-31(39(49)29(4)42-43(37)54-26-53-42)23-33-38-36-30(21-28(3)41(52-6)40(36)50)22-32(47(38)5)34(24-45)48(33)35/h21,27,32-35,38,49-50H,7-20,22-23,25-26H2,1-6H3,(H,46,51)/t27?,32-,33?,34-,35-,38-/m0/s1. The van der Waals surface area contributed by atoms with Gasteiger partial charge in [-0.3, -0.25) is 14.6 Å². The van der Waals surface area contributed by atoms with Gasteiger partial charge in [-0.05, 0) is 51.3 Å². The molecule has 4 aliphatic heterocycles. The van der Waals surface area contributed by atoms with E-state index in [0.717, 1.165) is 47.1 Å². The highest BCUT2D eigenvalue weighted by atomic mass is 16.7. The van der Waals surface area contributed by atoms with Crippen molar-refractivity contribution in [2.75, 3.05) is 27.5 Å². The minimum absolute atomic E-state index is 0.00575. The van der Waals surface area contributed by atoms with Gasteiger partial charge in [0.2, 0.25) is 12.7 Å². The Labute approximate surface area is 323 Å². The second kappa shape index (κ2) is 17.8. The number of nitrogens with one attached hydrogen (secondary N) is 1. The Kier molecular flexibility index (Phi) is 13.2. The molecule has 1 amide bonds. The molecule has 2 aromatic carbocycles. The van der Waals surface area contributed by atoms with Gasteiger partial charge in [-0.25, -0.2) is 0 Å². The molecule has 2 aromatic rings. The zero-order valence-corrected chi connectivity index (χ0v) is 33.6. The summed E-state index contributed by atoms with van der Waals surface area (Å²) in [5, 5.41) is 37.6. The molecule has 6 rings (SSSR count). The Hall–Kier alpha value is -3.68. The molecule has 4 heterocycles. The fourth-order valence-corrected chi connectivity index (χ4v) is 10.0. The number of piperazine rings is 1. The number of benzene rings is 2. The highest BCUT2D eigenvalue weighted by Gasteiger charge is 2.56. The molecule has 0 radical (unpaired) electrons. The molecular weight excluding hydrogens is 681 g/mol. The molecule has 1 fully saturated rings. The predicted octanol–water partition coefficient (Wildman–Crippen LogP) is 8.46. The number of phenolic OH excluding ortho intramolecular Hbond substituents is 2. The Balaban J connectivity index is 1.16. The lowest BCUT2D eigenvalue weighted by Crippen LogP contribution is -2.68. The average Bonchev–Trinajstić information content (AvgIpc) is 3.65. The first-order valence-electron chi connectivity index (χ1n) is 20.8. The predicted molar refractivity (Wildman–Crippen MR) is 210 cm³/mol. The quantitative estimate of drug-likeness (QED) is 0.129. The van der Waals surface area contributed by atoms with E-state index in [1.54, 1.807) is 7.11 Å². The van der Waals surface area contributed by atoms with Gasteiger partial charge in [0.25, 0.3) is 0 Å². The van der Waals surface area contributed by atoms with Crippen molar-refractivity contribution >= 4 is 5.91 Å². The molecular formula is C44H64N4O6. The number of aromatic hydroxyl groups is 2. The smallest absolute Gasteiger partial charge is 0.231 e. The summed E-state index contributed by atoms with van der Waals surface area (Å²) in [6.07, 6.45) is 18.7. The van der Waals surface area contributed by atoms with E-state index in [2.05, 4.69) is 34.2 Å². The summed E-state index contributed by atoms with van der Waals surface area (Å²) < 4.78 is 17.6. The number of aryl methyl sites for hydroxylation is 1. The third kappa shape index (κ3) is 7.73. The number of likely N-dealkylation sites (N-methyl/N-ethyl adjacent to an activating group) is 1. The van der Waals surface area contributed by atoms with Gasteiger partial charge >= 0.3 is 0 Å². The summed E-state index contributed by atoms with van der Waals surface area (Å²) in [6.45, 7) is 8.33. The Bertz CT molecular complexity index is 1690. The van der Waals surface area contributed by atoms with E-state index >= 15 is 0 Å². The lowest BCUT2D eigenvalue weighted by atomic mass is 9.71. The van der Waals surface area contributed by atoms with Crippen LogP contribution in [0.1, 0.15) is 149 Å². The number of fused-ring (bicyclic) bond motifs is 9. The molecule has 2 unspecified atom stereocenters. The van der Waals surface area contributed by atoms with Gasteiger partial charge in [0.1, 0.15) is 11.8 Å². The SMILES string of the molecule is CCCCCCCCCCCCCCCC(C)C(=O)NC[C@H]1c2c(c(O)c(C)c3c2OCO3)CC2[C@H]3c4c(cc(C)c(OC)c4O)C[C@@H]([C@H](C#N)N21)N3C. The fourth-order valence-electron chi connectivity index (χ4n) is 10.0. The molecule has 1 saturated heterocycles. The molecule has 296 valence electrons. The van der Waals surface area contributed by atoms with Crippen molar-refractivity contribution in [1.29, 1.82) is 5.26 Å². The van der Waals surface area contributed by atoms with Gasteiger partial charge in [-0.2, -0.15) is 5.26 Å². The van der Waals surface area contributed by atoms with Crippen molar-refractivity contribution in [3.05, 3.63) is 39.4 Å². The summed E-state index contributed by atoms with van der Waals surface area (Å²) >= 11 is 0. The van der Waals surface area contributed by atoms with Gasteiger partial charge in [-0.1, -0.05) is 103 Å². The van der Waals surface area contributed by atoms with Gasteiger partial charge < -0.3 is 29.7 Å². The van der Waals surface area contributed by atoms with E-state index in [4.69, 9.17) is 14.2 Å². The third-order valence-electron chi connectivity index (χ3n) is 12.9. The molecule has 10 nitrogen and oxygen atoms in total. The normalized spacial score (nSPS) is 23.2. The molecule has 0 saturated carbocycles.